The Bertz CT molecular complexity index is 495. The zero-order chi connectivity index (χ0) is 14.9. The van der Waals surface area contributed by atoms with Crippen molar-refractivity contribution < 1.29 is 4.79 Å². The Kier molecular flexibility index (Phi) is 5.25. The van der Waals surface area contributed by atoms with Gasteiger partial charge in [-0.2, -0.15) is 11.8 Å². The number of nitrogens with zero attached hydrogens (tertiary/aromatic N) is 1. The van der Waals surface area contributed by atoms with Crippen molar-refractivity contribution in [3.8, 4) is 0 Å². The van der Waals surface area contributed by atoms with Gasteiger partial charge >= 0.3 is 0 Å². The number of halogens is 1. The standard InChI is InChI=1S/C16H24ClNOS/c1-10-9-13(16(19)11(2)17)12(3)18(10)14-7-5-6-8-15(14)20-4/h9,11,14-15H,5-8H2,1-4H3. The summed E-state index contributed by atoms with van der Waals surface area (Å²) in [5.74, 6) is 0.0440. The molecular weight excluding hydrogens is 290 g/mol. The van der Waals surface area contributed by atoms with Gasteiger partial charge in [-0.05, 0) is 45.9 Å². The van der Waals surface area contributed by atoms with E-state index < -0.39 is 5.38 Å². The molecule has 1 heterocycles. The van der Waals surface area contributed by atoms with Crippen LogP contribution in [0.4, 0.5) is 0 Å². The van der Waals surface area contributed by atoms with Crippen LogP contribution in [0, 0.1) is 13.8 Å². The summed E-state index contributed by atoms with van der Waals surface area (Å²) in [5.41, 5.74) is 3.08. The van der Waals surface area contributed by atoms with Gasteiger partial charge in [0, 0.05) is 28.2 Å². The molecule has 3 unspecified atom stereocenters. The van der Waals surface area contributed by atoms with Crippen molar-refractivity contribution in [2.24, 2.45) is 0 Å². The number of rotatable bonds is 4. The molecule has 0 spiro atoms. The summed E-state index contributed by atoms with van der Waals surface area (Å²) >= 11 is 7.93. The normalized spacial score (nSPS) is 24.6. The maximum atomic E-state index is 12.2. The summed E-state index contributed by atoms with van der Waals surface area (Å²) in [6.45, 7) is 5.92. The molecule has 0 radical (unpaired) electrons. The quantitative estimate of drug-likeness (QED) is 0.590. The number of alkyl halides is 1. The Morgan fingerprint density at radius 2 is 2.05 bits per heavy atom. The van der Waals surface area contributed by atoms with Crippen molar-refractivity contribution in [2.45, 2.75) is 63.1 Å². The summed E-state index contributed by atoms with van der Waals surface area (Å²) in [7, 11) is 0. The summed E-state index contributed by atoms with van der Waals surface area (Å²) in [6, 6.07) is 2.54. The number of hydrogen-bond donors (Lipinski definition) is 0. The van der Waals surface area contributed by atoms with E-state index in [0.29, 0.717) is 11.3 Å². The first-order chi connectivity index (χ1) is 9.47. The van der Waals surface area contributed by atoms with Crippen molar-refractivity contribution >= 4 is 29.1 Å². The fourth-order valence-corrected chi connectivity index (χ4v) is 4.49. The fraction of sp³-hybridized carbons (Fsp3) is 0.688. The predicted octanol–water partition coefficient (Wildman–Crippen LogP) is 4.76. The van der Waals surface area contributed by atoms with Crippen LogP contribution in [0.1, 0.15) is 60.4 Å². The minimum atomic E-state index is -0.452. The van der Waals surface area contributed by atoms with E-state index in [-0.39, 0.29) is 5.78 Å². The summed E-state index contributed by atoms with van der Waals surface area (Å²) in [6.07, 6.45) is 7.30. The van der Waals surface area contributed by atoms with E-state index in [0.717, 1.165) is 11.3 Å². The Balaban J connectivity index is 2.39. The van der Waals surface area contributed by atoms with E-state index in [2.05, 4.69) is 24.7 Å². The molecule has 3 atom stereocenters. The fourth-order valence-electron chi connectivity index (χ4n) is 3.40. The molecule has 1 aromatic rings. The van der Waals surface area contributed by atoms with E-state index in [1.807, 2.05) is 17.8 Å². The zero-order valence-corrected chi connectivity index (χ0v) is 14.4. The first-order valence-electron chi connectivity index (χ1n) is 7.36. The second-order valence-corrected chi connectivity index (χ2v) is 7.49. The van der Waals surface area contributed by atoms with Gasteiger partial charge in [-0.15, -0.1) is 11.6 Å². The first kappa shape index (κ1) is 16.0. The molecule has 1 aliphatic rings. The molecule has 0 amide bonds. The molecule has 1 aliphatic carbocycles. The number of Topliss-reactive ketones (excluding diaryl/α,β-unsaturated/α-hetero) is 1. The molecular formula is C16H24ClNOS. The highest BCUT2D eigenvalue weighted by molar-refractivity contribution is 7.99. The number of aryl methyl sites for hydroxylation is 1. The monoisotopic (exact) mass is 313 g/mol. The lowest BCUT2D eigenvalue weighted by atomic mass is 9.94. The molecule has 1 aromatic heterocycles. The van der Waals surface area contributed by atoms with E-state index in [1.54, 1.807) is 6.92 Å². The predicted molar refractivity (Wildman–Crippen MR) is 88.4 cm³/mol. The Labute approximate surface area is 131 Å². The van der Waals surface area contributed by atoms with Gasteiger partial charge in [-0.3, -0.25) is 4.79 Å². The number of thioether (sulfide) groups is 1. The van der Waals surface area contributed by atoms with Crippen LogP contribution >= 0.6 is 23.4 Å². The third-order valence-corrected chi connectivity index (χ3v) is 5.77. The molecule has 0 saturated heterocycles. The van der Waals surface area contributed by atoms with Crippen LogP contribution in [0.5, 0.6) is 0 Å². The highest BCUT2D eigenvalue weighted by Gasteiger charge is 2.29. The van der Waals surface area contributed by atoms with Crippen LogP contribution < -0.4 is 0 Å². The third kappa shape index (κ3) is 2.94. The number of carbonyl (C=O) groups excluding carboxylic acids is 1. The highest BCUT2D eigenvalue weighted by atomic mass is 35.5. The molecule has 2 rings (SSSR count). The van der Waals surface area contributed by atoms with E-state index in [9.17, 15) is 4.79 Å². The molecule has 1 fully saturated rings. The van der Waals surface area contributed by atoms with E-state index >= 15 is 0 Å². The van der Waals surface area contributed by atoms with E-state index in [4.69, 9.17) is 11.6 Å². The third-order valence-electron chi connectivity index (χ3n) is 4.41. The number of hydrogen-bond acceptors (Lipinski definition) is 2. The van der Waals surface area contributed by atoms with E-state index in [1.165, 1.54) is 31.4 Å². The van der Waals surface area contributed by atoms with Crippen LogP contribution in [-0.2, 0) is 0 Å². The number of ketones is 1. The van der Waals surface area contributed by atoms with Crippen LogP contribution in [0.15, 0.2) is 6.07 Å². The SMILES string of the molecule is CSC1CCCCC1n1c(C)cc(C(=O)C(C)Cl)c1C. The molecule has 20 heavy (non-hydrogen) atoms. The average Bonchev–Trinajstić information content (AvgIpc) is 2.73. The Morgan fingerprint density at radius 1 is 1.40 bits per heavy atom. The molecule has 1 saturated carbocycles. The van der Waals surface area contributed by atoms with Crippen LogP contribution in [-0.4, -0.2) is 27.2 Å². The lowest BCUT2D eigenvalue weighted by Crippen LogP contribution is -2.27. The smallest absolute Gasteiger partial charge is 0.182 e. The summed E-state index contributed by atoms with van der Waals surface area (Å²) in [4.78, 5) is 12.2. The molecule has 0 aliphatic heterocycles. The average molecular weight is 314 g/mol. The lowest BCUT2D eigenvalue weighted by molar-refractivity contribution is 0.0991. The Hall–Kier alpha value is -0.410. The second kappa shape index (κ2) is 6.57. The van der Waals surface area contributed by atoms with Crippen molar-refractivity contribution in [3.63, 3.8) is 0 Å². The van der Waals surface area contributed by atoms with Crippen molar-refractivity contribution in [3.05, 3.63) is 23.0 Å². The van der Waals surface area contributed by atoms with Gasteiger partial charge in [0.1, 0.15) is 0 Å². The van der Waals surface area contributed by atoms with Gasteiger partial charge in [-0.25, -0.2) is 0 Å². The van der Waals surface area contributed by atoms with Crippen molar-refractivity contribution in [2.75, 3.05) is 6.26 Å². The highest BCUT2D eigenvalue weighted by Crippen LogP contribution is 2.38. The second-order valence-electron chi connectivity index (χ2n) is 5.76. The van der Waals surface area contributed by atoms with Gasteiger partial charge in [0.15, 0.2) is 5.78 Å². The van der Waals surface area contributed by atoms with Gasteiger partial charge < -0.3 is 4.57 Å². The van der Waals surface area contributed by atoms with Crippen LogP contribution in [0.25, 0.3) is 0 Å². The first-order valence-corrected chi connectivity index (χ1v) is 9.09. The van der Waals surface area contributed by atoms with Gasteiger partial charge in [0.05, 0.1) is 5.38 Å². The number of carbonyl (C=O) groups is 1. The maximum Gasteiger partial charge on any atom is 0.182 e. The molecule has 112 valence electrons. The van der Waals surface area contributed by atoms with Gasteiger partial charge in [0.2, 0.25) is 0 Å². The Morgan fingerprint density at radius 3 is 2.65 bits per heavy atom. The topological polar surface area (TPSA) is 22.0 Å². The number of aromatic nitrogens is 1. The molecule has 0 N–H and O–H groups in total. The molecule has 2 nitrogen and oxygen atoms in total. The zero-order valence-electron chi connectivity index (χ0n) is 12.8. The minimum absolute atomic E-state index is 0.0440. The van der Waals surface area contributed by atoms with Gasteiger partial charge in [0.25, 0.3) is 0 Å². The minimum Gasteiger partial charge on any atom is -0.344 e. The van der Waals surface area contributed by atoms with Crippen LogP contribution in [0.2, 0.25) is 0 Å². The summed E-state index contributed by atoms with van der Waals surface area (Å²) in [5, 5.41) is 0.205. The lowest BCUT2D eigenvalue weighted by Gasteiger charge is -2.33. The molecule has 0 bridgehead atoms. The summed E-state index contributed by atoms with van der Waals surface area (Å²) < 4.78 is 2.38. The molecule has 0 aromatic carbocycles. The van der Waals surface area contributed by atoms with Crippen molar-refractivity contribution in [1.29, 1.82) is 0 Å². The maximum absolute atomic E-state index is 12.2. The molecule has 4 heteroatoms. The van der Waals surface area contributed by atoms with Crippen molar-refractivity contribution in [1.82, 2.24) is 4.57 Å². The largest absolute Gasteiger partial charge is 0.344 e. The van der Waals surface area contributed by atoms with Gasteiger partial charge in [-0.1, -0.05) is 12.8 Å². The van der Waals surface area contributed by atoms with Crippen LogP contribution in [0.3, 0.4) is 0 Å².